The first-order valence-electron chi connectivity index (χ1n) is 44.0. The monoisotopic (exact) mass is 2130 g/mol. The van der Waals surface area contributed by atoms with Crippen molar-refractivity contribution >= 4 is 113 Å². The number of Topliss-reactive ketones (excluding diaryl/α,β-unsaturated/α-hetero) is 3. The highest BCUT2D eigenvalue weighted by Crippen LogP contribution is 2.41. The number of aryl methyl sites for hydroxylation is 1. The fourth-order valence-electron chi connectivity index (χ4n) is 4.92. The van der Waals surface area contributed by atoms with Crippen LogP contribution in [-0.2, 0) is 104 Å². The molecule has 5 rings (SSSR count). The number of sulfonamides is 2. The Bertz CT molecular complexity index is 4950. The molecule has 52 heteroatoms. The van der Waals surface area contributed by atoms with Crippen molar-refractivity contribution in [2.24, 2.45) is 62.1 Å². The van der Waals surface area contributed by atoms with E-state index in [1.54, 1.807) is 165 Å². The third-order valence-corrected chi connectivity index (χ3v) is 28.7. The van der Waals surface area contributed by atoms with Crippen LogP contribution in [0.2, 0.25) is 0 Å². The Labute approximate surface area is 831 Å². The summed E-state index contributed by atoms with van der Waals surface area (Å²) in [5.41, 5.74) is 1.60. The zero-order valence-electron chi connectivity index (χ0n) is 91.2. The molecule has 4 heterocycles. The highest BCUT2D eigenvalue weighted by Gasteiger charge is 2.26. The van der Waals surface area contributed by atoms with E-state index >= 15 is 0 Å². The molecule has 44 nitrogen and oxygen atoms in total. The van der Waals surface area contributed by atoms with E-state index in [1.807, 2.05) is 98.1 Å². The lowest BCUT2D eigenvalue weighted by atomic mass is 9.96. The number of rotatable bonds is 23. The van der Waals surface area contributed by atoms with Crippen LogP contribution in [0.1, 0.15) is 296 Å². The molecule has 4 aromatic rings. The Morgan fingerprint density at radius 3 is 1.19 bits per heavy atom. The summed E-state index contributed by atoms with van der Waals surface area (Å²) in [5.74, 6) is 1.93. The average Bonchev–Trinajstić information content (AvgIpc) is 1.45. The van der Waals surface area contributed by atoms with Gasteiger partial charge in [0.05, 0.1) is 72.3 Å². The number of carbonyl (C=O) groups is 6. The van der Waals surface area contributed by atoms with Gasteiger partial charge in [-0.05, 0) is 94.5 Å². The Hall–Kier alpha value is -7.63. The molecule has 2 unspecified atom stereocenters. The highest BCUT2D eigenvalue weighted by atomic mass is 32.2. The molecule has 0 saturated carbocycles. The van der Waals surface area contributed by atoms with Crippen LogP contribution in [0.4, 0.5) is 0 Å². The number of aromatic nitrogens is 4. The Morgan fingerprint density at radius 1 is 0.647 bits per heavy atom. The third kappa shape index (κ3) is 95.0. The molecule has 0 saturated heterocycles. The number of aliphatic hydroxyl groups excluding tert-OH is 2. The molecule has 139 heavy (non-hydrogen) atoms. The minimum atomic E-state index is -3.61. The minimum Gasteiger partial charge on any atom is -0.504 e. The van der Waals surface area contributed by atoms with Gasteiger partial charge in [0.2, 0.25) is 49.1 Å². The second-order valence-electron chi connectivity index (χ2n) is 37.2. The summed E-state index contributed by atoms with van der Waals surface area (Å²) in [6, 6.07) is 3.76. The van der Waals surface area contributed by atoms with Gasteiger partial charge in [-0.2, -0.15) is 23.1 Å². The molecule has 2 atom stereocenters. The van der Waals surface area contributed by atoms with E-state index in [0.717, 1.165) is 27.9 Å². The maximum absolute atomic E-state index is 11.3. The van der Waals surface area contributed by atoms with Gasteiger partial charge in [0, 0.05) is 96.7 Å². The lowest BCUT2D eigenvalue weighted by Gasteiger charge is -2.15. The average molecular weight is 2130 g/mol. The normalized spacial score (nSPS) is 12.2. The molecule has 0 fully saturated rings. The number of sulfone groups is 2. The van der Waals surface area contributed by atoms with Gasteiger partial charge < -0.3 is 43.8 Å². The number of hydrogen-bond acceptors (Lipinski definition) is 37. The van der Waals surface area contributed by atoms with Gasteiger partial charge in [-0.3, -0.25) is 62.0 Å². The molecule has 817 valence electrons. The standard InChI is InChI=1S/C7H11NO3S.C7H11NO.C7H8O3.C6H14N2O3S.C6H10N2O2.C6H13NO3S.C6H9NO.C5H9N3.C5H11NO2.C5H10O2.C5H13OP.C5H12O.C5H10O.C4H11NO2S.C4H11O2P.C4H10O2S.BH2O2/c1-6(2)12(9,10)5-7-8-3-4-11-7;1-5(2)7-4-6(3)8-9-7;1-3(2)4-5(8)7(10)6(4)9;1-5(2)6(9)7-12(10,11)8(3)4;1-6(2,3)4-7-5(9)10-8-4;1-6(2,3)5(8)7-11(4,9)10;1-5(2)6(8)3-4-7;1-4(2)5-6-3-7-8-5;1-4(2)5(7)6-8-3;1-4(2)5(7)3-6;1-5(2)7(3,4)6;2*1-4(2)5(3)6;1-4(2)8(6,7)5-3;2*1-4(2)7(3,5)6;2-1-3/h3-4,6H,5H2,1-2H3;4-5H,1-3H3;3,8H,1-2H3;5H,1-4H3,(H,7,9);1-3H3,(H,7,8,9);1-4H3,(H,7,8);5H,3H2,1-2H3;4H,3H2,1-2H3;4H,1-3H3,(H,6,7);4,6H,3H2,1-2H3;5H,1-4H3;4-6H,1-3H3;4H,1-3H3;4-5H,1-3H3;4H,1-3H3,(H,5,6);4H,1-3H3;2-3H. The number of aromatic hydroxyl groups is 1. The first-order valence-corrected chi connectivity index (χ1v) is 57.4. The molecular formula is C87H175BN13O31P2S5. The van der Waals surface area contributed by atoms with Crippen molar-refractivity contribution in [3.05, 3.63) is 78.3 Å². The van der Waals surface area contributed by atoms with E-state index in [-0.39, 0.29) is 135 Å². The first-order chi connectivity index (χ1) is 62.1. The molecule has 3 amide bonds. The molecule has 1 aromatic carbocycles. The predicted octanol–water partition coefficient (Wildman–Crippen LogP) is 11.1. The zero-order chi connectivity index (χ0) is 114. The molecule has 1 aliphatic rings. The maximum atomic E-state index is 11.3. The summed E-state index contributed by atoms with van der Waals surface area (Å²) in [4.78, 5) is 118. The van der Waals surface area contributed by atoms with Crippen LogP contribution < -0.4 is 36.3 Å². The van der Waals surface area contributed by atoms with E-state index in [1.165, 1.54) is 53.6 Å². The molecule has 11 N–H and O–H groups in total. The zero-order valence-corrected chi connectivity index (χ0v) is 97.1. The highest BCUT2D eigenvalue weighted by molar-refractivity contribution is 7.91. The van der Waals surface area contributed by atoms with Crippen molar-refractivity contribution in [2.75, 3.05) is 74.0 Å². The molecule has 3 aromatic heterocycles. The molecule has 1 aliphatic heterocycles. The second-order valence-corrected chi connectivity index (χ2v) is 55.2. The van der Waals surface area contributed by atoms with Crippen LogP contribution in [-0.4, -0.2) is 253 Å². The number of nitrogens with zero attached hydrogens (tertiary/aromatic N) is 8. The van der Waals surface area contributed by atoms with Gasteiger partial charge in [-0.1, -0.05) is 204 Å². The number of aliphatic imine (C=N–C) groups is 1. The van der Waals surface area contributed by atoms with Gasteiger partial charge in [0.1, 0.15) is 51.6 Å². The van der Waals surface area contributed by atoms with Gasteiger partial charge >= 0.3 is 23.7 Å². The van der Waals surface area contributed by atoms with Crippen LogP contribution in [0, 0.1) is 65.1 Å². The number of amidine groups is 1. The molecule has 0 aliphatic carbocycles. The maximum Gasteiger partial charge on any atom is 0.482 e. The Kier molecular flexibility index (Phi) is 88.9. The first kappa shape index (κ1) is 157. The summed E-state index contributed by atoms with van der Waals surface area (Å²) < 4.78 is 150. The number of azo groups is 1. The summed E-state index contributed by atoms with van der Waals surface area (Å²) in [6.45, 7) is 72.2. The number of nitriles is 1. The van der Waals surface area contributed by atoms with Crippen molar-refractivity contribution in [3.63, 3.8) is 0 Å². The van der Waals surface area contributed by atoms with Crippen LogP contribution in [0.25, 0.3) is 0 Å². The minimum absolute atomic E-state index is 0. The van der Waals surface area contributed by atoms with Crippen molar-refractivity contribution in [1.82, 2.24) is 44.2 Å². The van der Waals surface area contributed by atoms with Crippen LogP contribution in [0.15, 0.2) is 61.6 Å². The summed E-state index contributed by atoms with van der Waals surface area (Å²) >= 11 is 0. The molecule has 1 radical (unpaired) electrons. The van der Waals surface area contributed by atoms with E-state index < -0.39 is 98.3 Å². The quantitative estimate of drug-likeness (QED) is 0.0142. The van der Waals surface area contributed by atoms with Gasteiger partial charge in [-0.15, -0.1) is 5.11 Å². The summed E-state index contributed by atoms with van der Waals surface area (Å²) in [6.07, 6.45) is 4.90. The number of amides is 3. The van der Waals surface area contributed by atoms with Crippen molar-refractivity contribution in [1.29, 1.82) is 5.26 Å². The summed E-state index contributed by atoms with van der Waals surface area (Å²) in [5, 5.41) is 61.5. The van der Waals surface area contributed by atoms with Crippen LogP contribution >= 0.6 is 14.5 Å². The van der Waals surface area contributed by atoms with E-state index in [0.29, 0.717) is 35.9 Å². The molecule has 0 spiro atoms. The number of carbonyl (C=O) groups excluding carboxylic acids is 6. The largest absolute Gasteiger partial charge is 0.504 e. The topological polar surface area (TPSA) is 695 Å². The number of nitrogens with one attached hydrogen (secondary N) is 5. The van der Waals surface area contributed by atoms with E-state index in [2.05, 4.69) is 82.8 Å². The van der Waals surface area contributed by atoms with E-state index in [4.69, 9.17) is 44.5 Å². The van der Waals surface area contributed by atoms with Gasteiger partial charge in [0.25, 0.3) is 5.43 Å². The summed E-state index contributed by atoms with van der Waals surface area (Å²) in [7, 11) is -14.8. The van der Waals surface area contributed by atoms with Gasteiger partial charge in [0.15, 0.2) is 41.2 Å². The lowest BCUT2D eigenvalue weighted by Crippen LogP contribution is -2.41. The molecular weight excluding hydrogens is 1960 g/mol. The smallest absolute Gasteiger partial charge is 0.482 e. The second kappa shape index (κ2) is 78.8. The number of oxazole rings is 1. The Morgan fingerprint density at radius 2 is 1.06 bits per heavy atom. The van der Waals surface area contributed by atoms with Crippen LogP contribution in [0.3, 0.4) is 0 Å². The van der Waals surface area contributed by atoms with Gasteiger partial charge in [-0.25, -0.2) is 63.4 Å². The van der Waals surface area contributed by atoms with Crippen molar-refractivity contribution < 1.29 is 129 Å². The third-order valence-electron chi connectivity index (χ3n) is 16.7. The van der Waals surface area contributed by atoms with E-state index in [9.17, 15) is 94.4 Å². The van der Waals surface area contributed by atoms with Crippen molar-refractivity contribution in [2.45, 2.75) is 319 Å². The number of aromatic amines is 1. The predicted molar refractivity (Wildman–Crippen MR) is 550 cm³/mol. The van der Waals surface area contributed by atoms with Crippen molar-refractivity contribution in [3.8, 4) is 11.8 Å². The SMILES string of the molecule is CC(=O)C(C)C.CC(C)(C)C(=O)NS(C)(=O)=O.CC(C)(C)c1noc(=O)[nH]1.CC(C)C(=O)CC#N.CC(C)C(=O)CO.CC(C)C(=O)NS(=O)(=O)N(C)C.CC(C)C(C)O.CC(C)C1=NCN=N1.CC(C)P(C)(=O)O.CC(C)P(C)(C)=O.CC(C)S(=O)(=O)Cc1ncco1.CC(C)S(C)(=O)=O.CC(C)c1c(O)c(=O)c1=O.CNS(=O)(=O)C(C)C.CONC(=O)C(C)C.Cc1cc(C(C)C)on1.O[B]O. The lowest BCUT2D eigenvalue weighted by molar-refractivity contribution is -0.134. The Balaban J connectivity index is -0.000000124. The fraction of sp³-hybridized carbons (Fsp3) is 0.770. The molecule has 0 bridgehead atoms. The number of aliphatic hydroxyl groups is 2. The fourth-order valence-corrected chi connectivity index (χ4v) is 7.53. The number of hydroxylamine groups is 1. The number of hydrogen-bond donors (Lipinski definition) is 11. The van der Waals surface area contributed by atoms with Crippen LogP contribution in [0.5, 0.6) is 5.75 Å². The number of H-pyrrole nitrogens is 1. The number of ketones is 3.